The van der Waals surface area contributed by atoms with Crippen LogP contribution in [-0.4, -0.2) is 51.9 Å². The number of benzene rings is 1. The molecule has 1 amide bonds. The number of rotatable bonds is 10. The maximum Gasteiger partial charge on any atom is 0.233 e. The molecule has 0 radical (unpaired) electrons. The molecule has 1 heterocycles. The molecule has 0 saturated carbocycles. The van der Waals surface area contributed by atoms with Gasteiger partial charge in [-0.05, 0) is 56.5 Å². The Morgan fingerprint density at radius 3 is 2.59 bits per heavy atom. The van der Waals surface area contributed by atoms with Gasteiger partial charge in [-0.3, -0.25) is 4.79 Å². The Hall–Kier alpha value is -1.70. The van der Waals surface area contributed by atoms with E-state index < -0.39 is 10.0 Å². The zero-order chi connectivity index (χ0) is 19.5. The average Bonchev–Trinajstić information content (AvgIpc) is 2.66. The van der Waals surface area contributed by atoms with Crippen molar-refractivity contribution >= 4 is 22.0 Å². The van der Waals surface area contributed by atoms with E-state index >= 15 is 0 Å². The van der Waals surface area contributed by atoms with Crippen LogP contribution < -0.4 is 10.0 Å². The molecule has 1 aliphatic rings. The van der Waals surface area contributed by atoms with Crippen molar-refractivity contribution in [3.05, 3.63) is 41.3 Å². The third-order valence-corrected chi connectivity index (χ3v) is 5.84. The predicted molar refractivity (Wildman–Crippen MR) is 109 cm³/mol. The van der Waals surface area contributed by atoms with Gasteiger partial charge in [0.05, 0.1) is 0 Å². The number of nitrogens with one attached hydrogen (secondary N) is 2. The molecule has 0 aromatic heterocycles. The third-order valence-electron chi connectivity index (χ3n) is 4.74. The minimum absolute atomic E-state index is 0.0946. The fourth-order valence-electron chi connectivity index (χ4n) is 2.99. The minimum Gasteiger partial charge on any atom is -0.356 e. The molecule has 27 heavy (non-hydrogen) atoms. The van der Waals surface area contributed by atoms with E-state index in [0.29, 0.717) is 6.54 Å². The molecule has 1 aromatic carbocycles. The first-order valence-electron chi connectivity index (χ1n) is 9.66. The van der Waals surface area contributed by atoms with Crippen LogP contribution in [0.15, 0.2) is 35.7 Å². The van der Waals surface area contributed by atoms with Crippen molar-refractivity contribution < 1.29 is 13.2 Å². The van der Waals surface area contributed by atoms with Gasteiger partial charge in [0, 0.05) is 24.9 Å². The molecule has 150 valence electrons. The first-order chi connectivity index (χ1) is 12.9. The highest BCUT2D eigenvalue weighted by Crippen LogP contribution is 2.15. The van der Waals surface area contributed by atoms with E-state index in [0.717, 1.165) is 42.9 Å². The molecule has 1 fully saturated rings. The van der Waals surface area contributed by atoms with Gasteiger partial charge in [0.15, 0.2) is 0 Å². The fourth-order valence-corrected chi connectivity index (χ4v) is 3.81. The van der Waals surface area contributed by atoms with Crippen LogP contribution in [0.2, 0.25) is 0 Å². The number of hydrogen-bond acceptors (Lipinski definition) is 4. The van der Waals surface area contributed by atoms with Crippen molar-refractivity contribution in [2.45, 2.75) is 32.6 Å². The summed E-state index contributed by atoms with van der Waals surface area (Å²) in [6.07, 6.45) is 5.10. The summed E-state index contributed by atoms with van der Waals surface area (Å²) in [4.78, 5) is 14.3. The molecule has 7 heteroatoms. The highest BCUT2D eigenvalue weighted by atomic mass is 32.2. The number of carbonyl (C=O) groups excluding carboxylic acids is 1. The molecule has 2 rings (SSSR count). The number of likely N-dealkylation sites (tertiary alicyclic amines) is 1. The Morgan fingerprint density at radius 1 is 1.19 bits per heavy atom. The maximum absolute atomic E-state index is 11.9. The monoisotopic (exact) mass is 393 g/mol. The number of piperidine rings is 1. The summed E-state index contributed by atoms with van der Waals surface area (Å²) in [5.41, 5.74) is 0.809. The van der Waals surface area contributed by atoms with Crippen LogP contribution in [0.4, 0.5) is 0 Å². The lowest BCUT2D eigenvalue weighted by atomic mass is 9.99. The zero-order valence-corrected chi connectivity index (χ0v) is 16.9. The van der Waals surface area contributed by atoms with Gasteiger partial charge in [0.2, 0.25) is 15.9 Å². The lowest BCUT2D eigenvalue weighted by Gasteiger charge is -2.30. The van der Waals surface area contributed by atoms with Crippen LogP contribution in [0.1, 0.15) is 38.2 Å². The Morgan fingerprint density at radius 2 is 1.89 bits per heavy atom. The van der Waals surface area contributed by atoms with Gasteiger partial charge >= 0.3 is 0 Å². The maximum atomic E-state index is 11.9. The van der Waals surface area contributed by atoms with E-state index in [2.05, 4.69) is 21.9 Å². The lowest BCUT2D eigenvalue weighted by molar-refractivity contribution is -0.120. The van der Waals surface area contributed by atoms with Gasteiger partial charge in [-0.15, -0.1) is 0 Å². The fraction of sp³-hybridized carbons (Fsp3) is 0.550. The number of amides is 1. The van der Waals surface area contributed by atoms with Gasteiger partial charge < -0.3 is 10.2 Å². The molecule has 0 bridgehead atoms. The molecule has 2 N–H and O–H groups in total. The van der Waals surface area contributed by atoms with Crippen LogP contribution in [0.3, 0.4) is 0 Å². The number of sulfonamides is 1. The minimum atomic E-state index is -3.54. The predicted octanol–water partition coefficient (Wildman–Crippen LogP) is 2.21. The molecular weight excluding hydrogens is 362 g/mol. The molecule has 0 atom stereocenters. The lowest BCUT2D eigenvalue weighted by Crippen LogP contribution is -2.36. The summed E-state index contributed by atoms with van der Waals surface area (Å²) in [5.74, 6) is 0.698. The quantitative estimate of drug-likeness (QED) is 0.598. The first kappa shape index (κ1) is 21.6. The number of nitrogens with zero attached hydrogens (tertiary/aromatic N) is 1. The number of carbonyl (C=O) groups is 1. The second kappa shape index (κ2) is 11.2. The molecular formula is C20H31N3O3S. The van der Waals surface area contributed by atoms with Crippen molar-refractivity contribution in [1.82, 2.24) is 14.9 Å². The van der Waals surface area contributed by atoms with Crippen molar-refractivity contribution in [2.75, 3.05) is 32.7 Å². The SMILES string of the molecule is CC1CCN(CCCNC(=O)CCNS(=O)(=O)/C=C/c2ccccc2)CC1. The molecule has 6 nitrogen and oxygen atoms in total. The smallest absolute Gasteiger partial charge is 0.233 e. The van der Waals surface area contributed by atoms with E-state index in [9.17, 15) is 13.2 Å². The van der Waals surface area contributed by atoms with E-state index in [1.165, 1.54) is 18.9 Å². The second-order valence-corrected chi connectivity index (χ2v) is 8.78. The summed E-state index contributed by atoms with van der Waals surface area (Å²) in [5, 5.41) is 3.98. The summed E-state index contributed by atoms with van der Waals surface area (Å²) in [6.45, 7) is 6.32. The average molecular weight is 394 g/mol. The van der Waals surface area contributed by atoms with E-state index in [1.54, 1.807) is 0 Å². The van der Waals surface area contributed by atoms with Crippen LogP contribution in [0.5, 0.6) is 0 Å². The van der Waals surface area contributed by atoms with Crippen molar-refractivity contribution in [2.24, 2.45) is 5.92 Å². The Balaban J connectivity index is 1.56. The van der Waals surface area contributed by atoms with Gasteiger partial charge in [-0.1, -0.05) is 37.3 Å². The highest BCUT2D eigenvalue weighted by Gasteiger charge is 2.14. The van der Waals surface area contributed by atoms with Gasteiger partial charge in [0.25, 0.3) is 0 Å². The van der Waals surface area contributed by atoms with E-state index in [4.69, 9.17) is 0 Å². The standard InChI is InChI=1S/C20H31N3O3S/c1-18-9-15-23(16-10-18)14-5-12-21-20(24)8-13-22-27(25,26)17-11-19-6-3-2-4-7-19/h2-4,6-7,11,17-18,22H,5,8-10,12-16H2,1H3,(H,21,24)/b17-11+. The van der Waals surface area contributed by atoms with Crippen LogP contribution in [0.25, 0.3) is 6.08 Å². The molecule has 0 spiro atoms. The Labute approximate surface area is 163 Å². The summed E-state index contributed by atoms with van der Waals surface area (Å²) < 4.78 is 26.2. The van der Waals surface area contributed by atoms with Gasteiger partial charge in [-0.25, -0.2) is 13.1 Å². The summed E-state index contributed by atoms with van der Waals surface area (Å²) in [6, 6.07) is 9.20. The number of hydrogen-bond donors (Lipinski definition) is 2. The summed E-state index contributed by atoms with van der Waals surface area (Å²) >= 11 is 0. The Kier molecular flexibility index (Phi) is 8.97. The first-order valence-corrected chi connectivity index (χ1v) is 11.2. The van der Waals surface area contributed by atoms with Crippen molar-refractivity contribution in [3.63, 3.8) is 0 Å². The Bertz CT molecular complexity index is 696. The van der Waals surface area contributed by atoms with E-state index in [1.807, 2.05) is 30.3 Å². The van der Waals surface area contributed by atoms with Crippen molar-refractivity contribution in [1.29, 1.82) is 0 Å². The van der Waals surface area contributed by atoms with Crippen molar-refractivity contribution in [3.8, 4) is 0 Å². The molecule has 1 aliphatic heterocycles. The molecule has 0 unspecified atom stereocenters. The second-order valence-electron chi connectivity index (χ2n) is 7.13. The topological polar surface area (TPSA) is 78.5 Å². The summed E-state index contributed by atoms with van der Waals surface area (Å²) in [7, 11) is -3.54. The highest BCUT2D eigenvalue weighted by molar-refractivity contribution is 7.92. The molecule has 1 aromatic rings. The largest absolute Gasteiger partial charge is 0.356 e. The van der Waals surface area contributed by atoms with Crippen LogP contribution >= 0.6 is 0 Å². The molecule has 1 saturated heterocycles. The van der Waals surface area contributed by atoms with Crippen LogP contribution in [0, 0.1) is 5.92 Å². The van der Waals surface area contributed by atoms with Gasteiger partial charge in [-0.2, -0.15) is 0 Å². The zero-order valence-electron chi connectivity index (χ0n) is 16.1. The van der Waals surface area contributed by atoms with Crippen LogP contribution in [-0.2, 0) is 14.8 Å². The third kappa shape index (κ3) is 9.17. The van der Waals surface area contributed by atoms with Gasteiger partial charge in [0.1, 0.15) is 0 Å². The molecule has 0 aliphatic carbocycles. The van der Waals surface area contributed by atoms with E-state index in [-0.39, 0.29) is 18.9 Å². The normalized spacial score (nSPS) is 16.6.